The summed E-state index contributed by atoms with van der Waals surface area (Å²) in [7, 11) is 0. The van der Waals surface area contributed by atoms with Gasteiger partial charge in [-0.25, -0.2) is 8.78 Å². The van der Waals surface area contributed by atoms with Gasteiger partial charge in [0.25, 0.3) is 6.43 Å². The minimum absolute atomic E-state index is 0.0117. The molecule has 1 unspecified atom stereocenters. The number of aromatic nitrogens is 1. The molecular weight excluding hydrogens is 268 g/mol. The maximum Gasteiger partial charge on any atom is 0.267 e. The lowest BCUT2D eigenvalue weighted by atomic mass is 9.89. The van der Waals surface area contributed by atoms with E-state index in [1.807, 2.05) is 26.0 Å². The van der Waals surface area contributed by atoms with E-state index in [1.54, 1.807) is 12.4 Å². The van der Waals surface area contributed by atoms with E-state index in [4.69, 9.17) is 0 Å². The van der Waals surface area contributed by atoms with Crippen LogP contribution in [0.15, 0.2) is 24.5 Å². The smallest absolute Gasteiger partial charge is 0.267 e. The van der Waals surface area contributed by atoms with Crippen LogP contribution in [0.5, 0.6) is 0 Å². The third kappa shape index (κ3) is 3.28. The highest BCUT2D eigenvalue weighted by Gasteiger charge is 2.38. The number of hydrogen-bond donors (Lipinski definition) is 1. The topological polar surface area (TPSA) is 33.1 Å². The Hall–Kier alpha value is -1.07. The van der Waals surface area contributed by atoms with Gasteiger partial charge in [0.15, 0.2) is 0 Å². The molecule has 0 aliphatic carbocycles. The molecule has 2 heterocycles. The van der Waals surface area contributed by atoms with Crippen LogP contribution in [0.25, 0.3) is 10.1 Å². The van der Waals surface area contributed by atoms with Gasteiger partial charge in [-0.05, 0) is 24.5 Å². The van der Waals surface area contributed by atoms with Crippen LogP contribution < -0.4 is 0 Å². The lowest BCUT2D eigenvalue weighted by molar-refractivity contribution is -0.106. The van der Waals surface area contributed by atoms with Crippen molar-refractivity contribution in [3.63, 3.8) is 0 Å². The summed E-state index contributed by atoms with van der Waals surface area (Å²) in [5.41, 5.74) is -1.94. The molecule has 0 spiro atoms. The van der Waals surface area contributed by atoms with Gasteiger partial charge in [0.1, 0.15) is 5.60 Å². The van der Waals surface area contributed by atoms with Gasteiger partial charge in [0.2, 0.25) is 0 Å². The molecule has 0 bridgehead atoms. The summed E-state index contributed by atoms with van der Waals surface area (Å²) >= 11 is 1.44. The summed E-state index contributed by atoms with van der Waals surface area (Å²) < 4.78 is 27.3. The molecule has 2 aromatic heterocycles. The maximum atomic E-state index is 13.1. The zero-order valence-corrected chi connectivity index (χ0v) is 11.8. The van der Waals surface area contributed by atoms with Crippen LogP contribution in [0.4, 0.5) is 8.78 Å². The molecule has 1 atom stereocenters. The number of pyridine rings is 1. The molecule has 104 valence electrons. The number of rotatable bonds is 5. The van der Waals surface area contributed by atoms with E-state index in [0.29, 0.717) is 0 Å². The molecule has 0 fully saturated rings. The summed E-state index contributed by atoms with van der Waals surface area (Å²) in [6.45, 7) is 3.67. The van der Waals surface area contributed by atoms with Crippen molar-refractivity contribution in [1.82, 2.24) is 4.98 Å². The Morgan fingerprint density at radius 3 is 2.74 bits per heavy atom. The summed E-state index contributed by atoms with van der Waals surface area (Å²) in [5.74, 6) is 0.0232. The second kappa shape index (κ2) is 5.51. The van der Waals surface area contributed by atoms with Gasteiger partial charge in [-0.1, -0.05) is 13.8 Å². The average Bonchev–Trinajstić information content (AvgIpc) is 2.69. The molecule has 0 saturated heterocycles. The zero-order chi connectivity index (χ0) is 14.0. The Labute approximate surface area is 115 Å². The van der Waals surface area contributed by atoms with E-state index >= 15 is 0 Å². The molecule has 1 N–H and O–H groups in total. The number of thiophene rings is 1. The number of hydrogen-bond acceptors (Lipinski definition) is 3. The van der Waals surface area contributed by atoms with Crippen molar-refractivity contribution in [2.24, 2.45) is 5.92 Å². The first-order chi connectivity index (χ1) is 8.90. The predicted molar refractivity (Wildman–Crippen MR) is 73.7 cm³/mol. The minimum Gasteiger partial charge on any atom is -0.384 e. The van der Waals surface area contributed by atoms with Crippen LogP contribution in [-0.2, 0) is 6.42 Å². The normalized spacial score (nSPS) is 15.3. The quantitative estimate of drug-likeness (QED) is 0.904. The summed E-state index contributed by atoms with van der Waals surface area (Å²) in [6, 6.07) is 3.69. The van der Waals surface area contributed by atoms with Crippen molar-refractivity contribution in [3.05, 3.63) is 29.4 Å². The Kier molecular flexibility index (Phi) is 4.16. The number of nitrogens with zero attached hydrogens (tertiary/aromatic N) is 1. The van der Waals surface area contributed by atoms with E-state index in [2.05, 4.69) is 4.98 Å². The van der Waals surface area contributed by atoms with Crippen LogP contribution in [0.2, 0.25) is 0 Å². The molecule has 0 aliphatic rings. The molecule has 2 aromatic rings. The lowest BCUT2D eigenvalue weighted by Gasteiger charge is -2.28. The average molecular weight is 285 g/mol. The van der Waals surface area contributed by atoms with Crippen LogP contribution >= 0.6 is 11.3 Å². The monoisotopic (exact) mass is 285 g/mol. The van der Waals surface area contributed by atoms with Crippen molar-refractivity contribution in [2.75, 3.05) is 0 Å². The maximum absolute atomic E-state index is 13.1. The fraction of sp³-hybridized carbons (Fsp3) is 0.500. The molecular formula is C14H17F2NOS. The van der Waals surface area contributed by atoms with Crippen LogP contribution in [0.1, 0.15) is 25.1 Å². The van der Waals surface area contributed by atoms with Crippen LogP contribution in [-0.4, -0.2) is 22.1 Å². The van der Waals surface area contributed by atoms with Crippen LogP contribution in [0, 0.1) is 5.92 Å². The molecule has 0 aliphatic heterocycles. The largest absolute Gasteiger partial charge is 0.384 e. The van der Waals surface area contributed by atoms with Gasteiger partial charge in [0.05, 0.1) is 0 Å². The van der Waals surface area contributed by atoms with Gasteiger partial charge >= 0.3 is 0 Å². The Morgan fingerprint density at radius 2 is 2.16 bits per heavy atom. The van der Waals surface area contributed by atoms with Gasteiger partial charge in [-0.2, -0.15) is 0 Å². The summed E-state index contributed by atoms with van der Waals surface area (Å²) in [6.07, 6.45) is 0.729. The summed E-state index contributed by atoms with van der Waals surface area (Å²) in [5, 5.41) is 11.1. The van der Waals surface area contributed by atoms with Crippen molar-refractivity contribution in [1.29, 1.82) is 0 Å². The third-order valence-corrected chi connectivity index (χ3v) is 4.13. The SMILES string of the molecule is CC(C)CC(O)(Cc1cc2cnccc2s1)C(F)F. The Bertz CT molecular complexity index is 522. The van der Waals surface area contributed by atoms with Gasteiger partial charge in [-0.3, -0.25) is 4.98 Å². The van der Waals surface area contributed by atoms with E-state index in [1.165, 1.54) is 11.3 Å². The number of halogens is 2. The van der Waals surface area contributed by atoms with Gasteiger partial charge < -0.3 is 5.11 Å². The first kappa shape index (κ1) is 14.3. The molecule has 2 rings (SSSR count). The molecule has 19 heavy (non-hydrogen) atoms. The Morgan fingerprint density at radius 1 is 1.42 bits per heavy atom. The molecule has 0 saturated carbocycles. The van der Waals surface area contributed by atoms with Gasteiger partial charge in [-0.15, -0.1) is 11.3 Å². The standard InChI is InChI=1S/C14H17F2NOS/c1-9(2)6-14(18,13(15)16)7-11-5-10-8-17-4-3-12(10)19-11/h3-5,8-9,13,18H,6-7H2,1-2H3. The number of aliphatic hydroxyl groups is 1. The number of fused-ring (bicyclic) bond motifs is 1. The second-order valence-electron chi connectivity index (χ2n) is 5.31. The number of alkyl halides is 2. The van der Waals surface area contributed by atoms with Crippen molar-refractivity contribution >= 4 is 21.4 Å². The molecule has 0 amide bonds. The Balaban J connectivity index is 2.25. The van der Waals surface area contributed by atoms with Gasteiger partial charge in [0, 0.05) is 33.8 Å². The second-order valence-corrected chi connectivity index (χ2v) is 6.47. The molecule has 0 radical (unpaired) electrons. The predicted octanol–water partition coefficient (Wildman–Crippen LogP) is 3.88. The van der Waals surface area contributed by atoms with Crippen molar-refractivity contribution < 1.29 is 13.9 Å². The van der Waals surface area contributed by atoms with Crippen LogP contribution in [0.3, 0.4) is 0 Å². The first-order valence-corrected chi connectivity index (χ1v) is 7.05. The fourth-order valence-corrected chi connectivity index (χ4v) is 3.42. The molecule has 0 aromatic carbocycles. The molecule has 5 heteroatoms. The van der Waals surface area contributed by atoms with E-state index in [9.17, 15) is 13.9 Å². The van der Waals surface area contributed by atoms with Crippen molar-refractivity contribution in [2.45, 2.75) is 38.7 Å². The highest BCUT2D eigenvalue weighted by molar-refractivity contribution is 7.19. The first-order valence-electron chi connectivity index (χ1n) is 6.24. The minimum atomic E-state index is -2.74. The highest BCUT2D eigenvalue weighted by atomic mass is 32.1. The molecule has 2 nitrogen and oxygen atoms in total. The van der Waals surface area contributed by atoms with E-state index < -0.39 is 12.0 Å². The summed E-state index contributed by atoms with van der Waals surface area (Å²) in [4.78, 5) is 4.77. The van der Waals surface area contributed by atoms with E-state index in [0.717, 1.165) is 15.0 Å². The fourth-order valence-electron chi connectivity index (χ4n) is 2.27. The van der Waals surface area contributed by atoms with E-state index in [-0.39, 0.29) is 18.8 Å². The zero-order valence-electron chi connectivity index (χ0n) is 10.9. The third-order valence-electron chi connectivity index (χ3n) is 3.02. The lowest BCUT2D eigenvalue weighted by Crippen LogP contribution is -2.40. The van der Waals surface area contributed by atoms with Crippen molar-refractivity contribution in [3.8, 4) is 0 Å². The highest BCUT2D eigenvalue weighted by Crippen LogP contribution is 2.33.